The summed E-state index contributed by atoms with van der Waals surface area (Å²) < 4.78 is 11.9. The van der Waals surface area contributed by atoms with E-state index in [1.165, 1.54) is 24.9 Å². The molecule has 41 heavy (non-hydrogen) atoms. The van der Waals surface area contributed by atoms with Crippen LogP contribution in [0.2, 0.25) is 0 Å². The summed E-state index contributed by atoms with van der Waals surface area (Å²) in [5, 5.41) is 8.81. The molecule has 2 N–H and O–H groups in total. The third-order valence-electron chi connectivity index (χ3n) is 7.32. The normalized spacial score (nSPS) is 14.1. The molecule has 1 unspecified atom stereocenters. The second-order valence-electron chi connectivity index (χ2n) is 10.7. The number of anilines is 2. The standard InChI is InChI=1S/C34H40N4O3/c1-4-40-32-21-26(13-15-31(32)41-24(2)3)33(37-29-14-12-27-22-35-17-16-25(27)20-29)34(39)36-23-28-10-6-7-11-30(28)38-18-8-5-9-19-38/h6-7,10-17,20-22,24,33,37H,4-5,8-9,18-19,23H2,1-3H3,(H,36,39). The largest absolute Gasteiger partial charge is 0.490 e. The van der Waals surface area contributed by atoms with Gasteiger partial charge in [-0.2, -0.15) is 0 Å². The zero-order valence-electron chi connectivity index (χ0n) is 24.2. The number of pyridine rings is 1. The maximum atomic E-state index is 13.9. The van der Waals surface area contributed by atoms with E-state index in [9.17, 15) is 4.79 Å². The first-order valence-electron chi connectivity index (χ1n) is 14.7. The molecule has 4 aromatic rings. The van der Waals surface area contributed by atoms with Gasteiger partial charge < -0.3 is 25.0 Å². The lowest BCUT2D eigenvalue weighted by Gasteiger charge is -2.31. The Labute approximate surface area is 242 Å². The number of fused-ring (bicyclic) bond motifs is 1. The number of hydrogen-bond acceptors (Lipinski definition) is 6. The molecule has 0 saturated carbocycles. The van der Waals surface area contributed by atoms with Gasteiger partial charge in [0.2, 0.25) is 5.91 Å². The van der Waals surface area contributed by atoms with Crippen LogP contribution in [-0.2, 0) is 11.3 Å². The molecule has 0 aliphatic carbocycles. The molecule has 1 atom stereocenters. The van der Waals surface area contributed by atoms with Gasteiger partial charge in [0.1, 0.15) is 6.04 Å². The van der Waals surface area contributed by atoms with E-state index < -0.39 is 6.04 Å². The molecule has 7 heteroatoms. The van der Waals surface area contributed by atoms with Crippen LogP contribution >= 0.6 is 0 Å². The van der Waals surface area contributed by atoms with Crippen LogP contribution in [0.4, 0.5) is 11.4 Å². The van der Waals surface area contributed by atoms with E-state index in [1.54, 1.807) is 6.20 Å². The minimum Gasteiger partial charge on any atom is -0.490 e. The summed E-state index contributed by atoms with van der Waals surface area (Å²) in [6.07, 6.45) is 7.30. The summed E-state index contributed by atoms with van der Waals surface area (Å²) in [5.74, 6) is 1.17. The zero-order valence-corrected chi connectivity index (χ0v) is 24.2. The summed E-state index contributed by atoms with van der Waals surface area (Å²) in [5.41, 5.74) is 3.96. The van der Waals surface area contributed by atoms with E-state index in [2.05, 4.69) is 38.7 Å². The lowest BCUT2D eigenvalue weighted by Crippen LogP contribution is -2.34. The van der Waals surface area contributed by atoms with Gasteiger partial charge in [0, 0.05) is 48.8 Å². The van der Waals surface area contributed by atoms with Crippen molar-refractivity contribution in [3.63, 3.8) is 0 Å². The van der Waals surface area contributed by atoms with Crippen molar-refractivity contribution in [3.8, 4) is 11.5 Å². The lowest BCUT2D eigenvalue weighted by molar-refractivity contribution is -0.122. The maximum absolute atomic E-state index is 13.9. The Balaban J connectivity index is 1.43. The molecule has 1 aromatic heterocycles. The van der Waals surface area contributed by atoms with Crippen LogP contribution in [0.25, 0.3) is 10.8 Å². The molecule has 1 aliphatic rings. The number of carbonyl (C=O) groups excluding carboxylic acids is 1. The fraction of sp³-hybridized carbons (Fsp3) is 0.353. The van der Waals surface area contributed by atoms with E-state index >= 15 is 0 Å². The van der Waals surface area contributed by atoms with Crippen LogP contribution in [0.1, 0.15) is 57.2 Å². The van der Waals surface area contributed by atoms with Crippen LogP contribution in [0, 0.1) is 0 Å². The van der Waals surface area contributed by atoms with Crippen molar-refractivity contribution in [2.75, 3.05) is 29.9 Å². The van der Waals surface area contributed by atoms with Crippen molar-refractivity contribution >= 4 is 28.1 Å². The summed E-state index contributed by atoms with van der Waals surface area (Å²) in [7, 11) is 0. The van der Waals surface area contributed by atoms with Crippen LogP contribution in [-0.4, -0.2) is 36.7 Å². The predicted octanol–water partition coefficient (Wildman–Crippen LogP) is 6.88. The molecule has 7 nitrogen and oxygen atoms in total. The highest BCUT2D eigenvalue weighted by Crippen LogP contribution is 2.33. The molecule has 5 rings (SSSR count). The highest BCUT2D eigenvalue weighted by molar-refractivity contribution is 5.89. The van der Waals surface area contributed by atoms with E-state index in [0.717, 1.165) is 40.7 Å². The first-order valence-corrected chi connectivity index (χ1v) is 14.7. The average molecular weight is 553 g/mol. The molecule has 214 valence electrons. The zero-order chi connectivity index (χ0) is 28.6. The van der Waals surface area contributed by atoms with Crippen LogP contribution in [0.5, 0.6) is 11.5 Å². The second kappa shape index (κ2) is 13.4. The molecule has 2 heterocycles. The Kier molecular flexibility index (Phi) is 9.24. The van der Waals surface area contributed by atoms with Crippen LogP contribution < -0.4 is 25.0 Å². The highest BCUT2D eigenvalue weighted by atomic mass is 16.5. The van der Waals surface area contributed by atoms with Crippen molar-refractivity contribution in [2.45, 2.75) is 58.7 Å². The van der Waals surface area contributed by atoms with Gasteiger partial charge in [0.25, 0.3) is 0 Å². The number of amides is 1. The first-order chi connectivity index (χ1) is 20.0. The monoisotopic (exact) mass is 552 g/mol. The van der Waals surface area contributed by atoms with Gasteiger partial charge in [-0.1, -0.05) is 30.3 Å². The van der Waals surface area contributed by atoms with E-state index in [4.69, 9.17) is 9.47 Å². The van der Waals surface area contributed by atoms with E-state index in [-0.39, 0.29) is 12.0 Å². The van der Waals surface area contributed by atoms with Gasteiger partial charge in [-0.05, 0) is 92.9 Å². The summed E-state index contributed by atoms with van der Waals surface area (Å²) >= 11 is 0. The molecular formula is C34H40N4O3. The number of benzene rings is 3. The molecule has 1 saturated heterocycles. The van der Waals surface area contributed by atoms with Gasteiger partial charge in [-0.15, -0.1) is 0 Å². The molecule has 3 aromatic carbocycles. The van der Waals surface area contributed by atoms with Gasteiger partial charge in [0.15, 0.2) is 11.5 Å². The molecular weight excluding hydrogens is 512 g/mol. The minimum absolute atomic E-state index is 0.00402. The number of aromatic nitrogens is 1. The molecule has 0 bridgehead atoms. The Bertz CT molecular complexity index is 1470. The SMILES string of the molecule is CCOc1cc(C(Nc2ccc3cnccc3c2)C(=O)NCc2ccccc2N2CCCCC2)ccc1OC(C)C. The summed E-state index contributed by atoms with van der Waals surface area (Å²) in [6.45, 7) is 8.96. The highest BCUT2D eigenvalue weighted by Gasteiger charge is 2.24. The van der Waals surface area contributed by atoms with Crippen molar-refractivity contribution in [3.05, 3.63) is 90.3 Å². The Morgan fingerprint density at radius 1 is 0.951 bits per heavy atom. The number of ether oxygens (including phenoxy) is 2. The molecule has 0 radical (unpaired) electrons. The van der Waals surface area contributed by atoms with Crippen molar-refractivity contribution < 1.29 is 14.3 Å². The quantitative estimate of drug-likeness (QED) is 0.211. The van der Waals surface area contributed by atoms with Gasteiger partial charge in [-0.25, -0.2) is 0 Å². The Morgan fingerprint density at radius 3 is 2.59 bits per heavy atom. The average Bonchev–Trinajstić information content (AvgIpc) is 3.00. The van der Waals surface area contributed by atoms with Crippen LogP contribution in [0.15, 0.2) is 79.1 Å². The number of piperidine rings is 1. The van der Waals surface area contributed by atoms with Crippen molar-refractivity contribution in [1.29, 1.82) is 0 Å². The number of hydrogen-bond donors (Lipinski definition) is 2. The smallest absolute Gasteiger partial charge is 0.247 e. The molecule has 1 fully saturated rings. The second-order valence-corrected chi connectivity index (χ2v) is 10.7. The van der Waals surface area contributed by atoms with Crippen molar-refractivity contribution in [2.24, 2.45) is 0 Å². The van der Waals surface area contributed by atoms with Crippen LogP contribution in [0.3, 0.4) is 0 Å². The van der Waals surface area contributed by atoms with Crippen molar-refractivity contribution in [1.82, 2.24) is 10.3 Å². The lowest BCUT2D eigenvalue weighted by atomic mass is 10.0. The molecule has 0 spiro atoms. The number of nitrogens with one attached hydrogen (secondary N) is 2. The topological polar surface area (TPSA) is 75.7 Å². The number of rotatable bonds is 11. The molecule has 1 aliphatic heterocycles. The van der Waals surface area contributed by atoms with Gasteiger partial charge >= 0.3 is 0 Å². The number of para-hydroxylation sites is 1. The maximum Gasteiger partial charge on any atom is 0.247 e. The fourth-order valence-electron chi connectivity index (χ4n) is 5.35. The number of carbonyl (C=O) groups is 1. The first kappa shape index (κ1) is 28.3. The van der Waals surface area contributed by atoms with E-state index in [0.29, 0.717) is 24.7 Å². The van der Waals surface area contributed by atoms with Gasteiger partial charge in [0.05, 0.1) is 12.7 Å². The Morgan fingerprint density at radius 2 is 1.78 bits per heavy atom. The third-order valence-corrected chi connectivity index (χ3v) is 7.32. The molecule has 1 amide bonds. The van der Waals surface area contributed by atoms with E-state index in [1.807, 2.05) is 75.5 Å². The fourth-order valence-corrected chi connectivity index (χ4v) is 5.35. The van der Waals surface area contributed by atoms with Gasteiger partial charge in [-0.3, -0.25) is 9.78 Å². The third kappa shape index (κ3) is 7.09. The predicted molar refractivity (Wildman–Crippen MR) is 166 cm³/mol. The summed E-state index contributed by atoms with van der Waals surface area (Å²) in [6, 6.07) is 21.5. The minimum atomic E-state index is -0.649. The number of nitrogens with zero attached hydrogens (tertiary/aromatic N) is 2. The summed E-state index contributed by atoms with van der Waals surface area (Å²) in [4.78, 5) is 20.6. The Hall–Kier alpha value is -4.26.